The summed E-state index contributed by atoms with van der Waals surface area (Å²) in [5.74, 6) is 2.73. The third-order valence-electron chi connectivity index (χ3n) is 10.0. The third kappa shape index (κ3) is 5.68. The standard InChI is InChI=1S/C35H39FN6O4S/c1-4-26-28(36)8-5-22-11-25(43)12-27(31(22)26)30-13-29-32(47(44)42(30)14-21-17-45-18-21)33(41-15-23-6-7-24(16-41)37-23)39-34(38-29)46-20-35(9-10-35)19-40(2)3/h1,5,8,11-13,21,23-24,37,43H,6-7,9-10,14-20H2,2-3H3. The molecule has 3 unspecified atom stereocenters. The number of phenolic OH excluding ortho intramolecular Hbond substituents is 1. The van der Waals surface area contributed by atoms with Crippen LogP contribution in [-0.4, -0.2) is 101 Å². The first-order valence-electron chi connectivity index (χ1n) is 16.3. The van der Waals surface area contributed by atoms with E-state index in [0.717, 1.165) is 45.3 Å². The smallest absolute Gasteiger partial charge is 0.319 e. The van der Waals surface area contributed by atoms with Crippen LogP contribution in [0.15, 0.2) is 29.2 Å². The largest absolute Gasteiger partial charge is 0.588 e. The van der Waals surface area contributed by atoms with Gasteiger partial charge in [-0.3, -0.25) is 0 Å². The summed E-state index contributed by atoms with van der Waals surface area (Å²) in [5.41, 5.74) is 1.66. The van der Waals surface area contributed by atoms with Crippen molar-refractivity contribution in [1.29, 1.82) is 0 Å². The Balaban J connectivity index is 1.29. The van der Waals surface area contributed by atoms with Gasteiger partial charge in [-0.1, -0.05) is 12.0 Å². The van der Waals surface area contributed by atoms with Gasteiger partial charge in [0.05, 0.1) is 37.6 Å². The van der Waals surface area contributed by atoms with Crippen molar-refractivity contribution in [3.05, 3.63) is 46.9 Å². The molecule has 4 fully saturated rings. The van der Waals surface area contributed by atoms with Crippen LogP contribution in [0.2, 0.25) is 0 Å². The van der Waals surface area contributed by atoms with Crippen LogP contribution in [0.5, 0.6) is 11.8 Å². The Bertz CT molecular complexity index is 1790. The van der Waals surface area contributed by atoms with Gasteiger partial charge in [-0.15, -0.1) is 6.42 Å². The summed E-state index contributed by atoms with van der Waals surface area (Å²) in [6.07, 6.45) is 12.1. The molecule has 246 valence electrons. The molecule has 10 nitrogen and oxygen atoms in total. The van der Waals surface area contributed by atoms with Gasteiger partial charge in [0, 0.05) is 54.0 Å². The van der Waals surface area contributed by atoms with E-state index in [4.69, 9.17) is 25.9 Å². The van der Waals surface area contributed by atoms with E-state index in [0.29, 0.717) is 76.9 Å². The predicted octanol–water partition coefficient (Wildman–Crippen LogP) is 3.60. The number of hydrogen-bond acceptors (Lipinski definition) is 10. The molecule has 5 heterocycles. The normalized spacial score (nSPS) is 24.6. The summed E-state index contributed by atoms with van der Waals surface area (Å²) in [5, 5.41) is 15.6. The van der Waals surface area contributed by atoms with Gasteiger partial charge in [-0.05, 0) is 69.4 Å². The maximum absolute atomic E-state index is 15.1. The number of halogens is 1. The Morgan fingerprint density at radius 3 is 2.64 bits per heavy atom. The van der Waals surface area contributed by atoms with E-state index in [2.05, 4.69) is 35.1 Å². The minimum Gasteiger partial charge on any atom is -0.588 e. The van der Waals surface area contributed by atoms with Crippen molar-refractivity contribution in [3.63, 3.8) is 0 Å². The van der Waals surface area contributed by atoms with Gasteiger partial charge in [0.1, 0.15) is 28.6 Å². The van der Waals surface area contributed by atoms with Gasteiger partial charge in [0.2, 0.25) is 4.90 Å². The number of aromatic hydroxyl groups is 1. The number of fused-ring (bicyclic) bond motifs is 4. The Hall–Kier alpha value is -3.60. The SMILES string of the molecule is C#Cc1c(F)ccc2cc(O)cc(C3=Cc4nc(OCC5(CN(C)C)CC5)nc(N5CC6CCC(C5)N6)c4[S+]([O-])N3CC3COC3)c12. The maximum atomic E-state index is 15.1. The van der Waals surface area contributed by atoms with Crippen molar-refractivity contribution in [2.45, 2.75) is 42.7 Å². The molecule has 0 radical (unpaired) electrons. The number of anilines is 1. The fourth-order valence-electron chi connectivity index (χ4n) is 7.53. The van der Waals surface area contributed by atoms with Crippen molar-refractivity contribution < 1.29 is 23.5 Å². The van der Waals surface area contributed by atoms with Crippen molar-refractivity contribution in [1.82, 2.24) is 24.5 Å². The van der Waals surface area contributed by atoms with Crippen LogP contribution in [0.1, 0.15) is 42.5 Å². The molecular weight excluding hydrogens is 619 g/mol. The lowest BCUT2D eigenvalue weighted by Crippen LogP contribution is -2.52. The van der Waals surface area contributed by atoms with Gasteiger partial charge < -0.3 is 34.2 Å². The number of ether oxygens (including phenoxy) is 2. The van der Waals surface area contributed by atoms with E-state index in [1.807, 2.05) is 10.4 Å². The number of benzene rings is 2. The van der Waals surface area contributed by atoms with Gasteiger partial charge in [0.15, 0.2) is 5.82 Å². The van der Waals surface area contributed by atoms with E-state index in [1.165, 1.54) is 6.07 Å². The summed E-state index contributed by atoms with van der Waals surface area (Å²) in [4.78, 5) is 14.8. The van der Waals surface area contributed by atoms with Crippen molar-refractivity contribution in [3.8, 4) is 24.1 Å². The molecule has 0 spiro atoms. The maximum Gasteiger partial charge on any atom is 0.319 e. The summed E-state index contributed by atoms with van der Waals surface area (Å²) in [6, 6.07) is 6.94. The Kier molecular flexibility index (Phi) is 7.73. The number of hydrogen-bond donors (Lipinski definition) is 2. The van der Waals surface area contributed by atoms with Crippen molar-refractivity contribution >= 4 is 39.7 Å². The van der Waals surface area contributed by atoms with E-state index in [9.17, 15) is 9.66 Å². The zero-order chi connectivity index (χ0) is 32.4. The zero-order valence-corrected chi connectivity index (χ0v) is 27.5. The molecule has 3 atom stereocenters. The highest BCUT2D eigenvalue weighted by atomic mass is 32.2. The van der Waals surface area contributed by atoms with E-state index in [-0.39, 0.29) is 28.7 Å². The number of nitrogens with one attached hydrogen (secondary N) is 1. The monoisotopic (exact) mass is 658 g/mol. The highest BCUT2D eigenvalue weighted by Gasteiger charge is 2.46. The lowest BCUT2D eigenvalue weighted by atomic mass is 9.95. The summed E-state index contributed by atoms with van der Waals surface area (Å²) in [7, 11) is 4.13. The Labute approximate surface area is 277 Å². The van der Waals surface area contributed by atoms with Crippen LogP contribution < -0.4 is 15.0 Å². The molecule has 8 rings (SSSR count). The van der Waals surface area contributed by atoms with Gasteiger partial charge in [0.25, 0.3) is 0 Å². The van der Waals surface area contributed by atoms with E-state index < -0.39 is 17.2 Å². The molecule has 1 aliphatic carbocycles. The average Bonchev–Trinajstić information content (AvgIpc) is 3.70. The second kappa shape index (κ2) is 11.8. The van der Waals surface area contributed by atoms with Gasteiger partial charge in [-0.2, -0.15) is 14.3 Å². The van der Waals surface area contributed by atoms with Gasteiger partial charge in [-0.25, -0.2) is 4.39 Å². The number of aromatic nitrogens is 2. The second-order valence-electron chi connectivity index (χ2n) is 14.0. The van der Waals surface area contributed by atoms with Crippen LogP contribution >= 0.6 is 0 Å². The topological polar surface area (TPSA) is 109 Å². The van der Waals surface area contributed by atoms with Crippen LogP contribution in [0.25, 0.3) is 22.5 Å². The molecule has 3 aromatic rings. The highest BCUT2D eigenvalue weighted by Crippen LogP contribution is 2.47. The van der Waals surface area contributed by atoms with Crippen molar-refractivity contribution in [2.75, 3.05) is 65.0 Å². The average molecular weight is 659 g/mol. The first-order chi connectivity index (χ1) is 22.7. The lowest BCUT2D eigenvalue weighted by Gasteiger charge is -2.39. The summed E-state index contributed by atoms with van der Waals surface area (Å²) in [6.45, 7) is 4.42. The Morgan fingerprint density at radius 1 is 1.21 bits per heavy atom. The molecule has 1 aromatic heterocycles. The number of piperazine rings is 1. The molecule has 2 bridgehead atoms. The van der Waals surface area contributed by atoms with Gasteiger partial charge >= 0.3 is 6.01 Å². The molecular formula is C35H39FN6O4S. The second-order valence-corrected chi connectivity index (χ2v) is 15.4. The van der Waals surface area contributed by atoms with Crippen LogP contribution in [-0.2, 0) is 16.1 Å². The molecule has 5 aliphatic rings. The van der Waals surface area contributed by atoms with Crippen LogP contribution in [0.3, 0.4) is 0 Å². The fourth-order valence-corrected chi connectivity index (χ4v) is 9.04. The quantitative estimate of drug-likeness (QED) is 0.262. The molecule has 3 saturated heterocycles. The Morgan fingerprint density at radius 2 is 1.98 bits per heavy atom. The number of phenols is 1. The first kappa shape index (κ1) is 30.7. The molecule has 12 heteroatoms. The molecule has 2 aromatic carbocycles. The first-order valence-corrected chi connectivity index (χ1v) is 17.4. The predicted molar refractivity (Wildman–Crippen MR) is 179 cm³/mol. The minimum absolute atomic E-state index is 0.00852. The van der Waals surface area contributed by atoms with Crippen molar-refractivity contribution in [2.24, 2.45) is 11.3 Å². The summed E-state index contributed by atoms with van der Waals surface area (Å²) < 4.78 is 43.7. The van der Waals surface area contributed by atoms with Crippen LogP contribution in [0.4, 0.5) is 10.2 Å². The van der Waals surface area contributed by atoms with E-state index >= 15 is 4.39 Å². The minimum atomic E-state index is -1.74. The molecule has 4 aliphatic heterocycles. The lowest BCUT2D eigenvalue weighted by molar-refractivity contribution is -0.0348. The number of nitrogens with zero attached hydrogens (tertiary/aromatic N) is 5. The third-order valence-corrected chi connectivity index (χ3v) is 11.5. The number of terminal acetylenes is 1. The molecule has 0 amide bonds. The highest BCUT2D eigenvalue weighted by molar-refractivity contribution is 7.89. The molecule has 2 N–H and O–H groups in total. The van der Waals surface area contributed by atoms with Crippen LogP contribution in [0, 0.1) is 29.5 Å². The number of rotatable bonds is 9. The summed E-state index contributed by atoms with van der Waals surface area (Å²) >= 11 is -1.74. The van der Waals surface area contributed by atoms with E-state index in [1.54, 1.807) is 18.2 Å². The molecule has 1 saturated carbocycles. The fraction of sp³-hybridized carbons (Fsp3) is 0.486. The zero-order valence-electron chi connectivity index (χ0n) is 26.7. The molecule has 47 heavy (non-hydrogen) atoms.